The van der Waals surface area contributed by atoms with Gasteiger partial charge in [-0.05, 0) is 19.1 Å². The maximum Gasteiger partial charge on any atom is 0.243 e. The van der Waals surface area contributed by atoms with E-state index in [1.165, 1.54) is 11.1 Å². The van der Waals surface area contributed by atoms with E-state index < -0.39 is 23.4 Å². The van der Waals surface area contributed by atoms with Gasteiger partial charge in [0, 0.05) is 24.2 Å². The van der Waals surface area contributed by atoms with Crippen molar-refractivity contribution < 1.29 is 23.2 Å². The number of carbonyl (C=O) groups excluding carboxylic acids is 3. The number of hydrogen-bond acceptors (Lipinski definition) is 4. The topological polar surface area (TPSA) is 90.5 Å². The molecule has 0 aliphatic carbocycles. The Morgan fingerprint density at radius 3 is 2.65 bits per heavy atom. The van der Waals surface area contributed by atoms with Crippen molar-refractivity contribution >= 4 is 23.4 Å². The van der Waals surface area contributed by atoms with Crippen LogP contribution in [0.4, 0.5) is 14.5 Å². The molecular weight excluding hydrogens is 310 g/mol. The largest absolute Gasteiger partial charge is 0.346 e. The fourth-order valence-corrected chi connectivity index (χ4v) is 2.06. The van der Waals surface area contributed by atoms with Gasteiger partial charge in [-0.2, -0.15) is 0 Å². The Kier molecular flexibility index (Phi) is 5.22. The Morgan fingerprint density at radius 2 is 2.04 bits per heavy atom. The van der Waals surface area contributed by atoms with Gasteiger partial charge in [-0.25, -0.2) is 13.8 Å². The van der Waals surface area contributed by atoms with Crippen LogP contribution in [0.3, 0.4) is 0 Å². The van der Waals surface area contributed by atoms with E-state index in [1.807, 2.05) is 0 Å². The van der Waals surface area contributed by atoms with E-state index in [2.05, 4.69) is 16.1 Å². The van der Waals surface area contributed by atoms with Crippen molar-refractivity contribution in [2.75, 3.05) is 18.4 Å². The monoisotopic (exact) mass is 326 g/mol. The van der Waals surface area contributed by atoms with Crippen molar-refractivity contribution in [1.29, 1.82) is 0 Å². The molecule has 3 N–H and O–H groups in total. The van der Waals surface area contributed by atoms with E-state index in [1.54, 1.807) is 6.92 Å². The summed E-state index contributed by atoms with van der Waals surface area (Å²) >= 11 is 0. The summed E-state index contributed by atoms with van der Waals surface area (Å²) in [5.41, 5.74) is 2.62. The van der Waals surface area contributed by atoms with Crippen molar-refractivity contribution in [3.63, 3.8) is 0 Å². The number of hydrazine groups is 1. The Morgan fingerprint density at radius 1 is 1.30 bits per heavy atom. The first-order valence-electron chi connectivity index (χ1n) is 6.93. The van der Waals surface area contributed by atoms with Gasteiger partial charge in [0.2, 0.25) is 17.7 Å². The second kappa shape index (κ2) is 7.14. The highest BCUT2D eigenvalue weighted by Crippen LogP contribution is 2.12. The average Bonchev–Trinajstić information content (AvgIpc) is 2.79. The first-order valence-corrected chi connectivity index (χ1v) is 6.93. The molecule has 2 rings (SSSR count). The maximum absolute atomic E-state index is 13.0. The summed E-state index contributed by atoms with van der Waals surface area (Å²) < 4.78 is 25.8. The molecule has 124 valence electrons. The van der Waals surface area contributed by atoms with Crippen molar-refractivity contribution in [1.82, 2.24) is 15.8 Å². The predicted molar refractivity (Wildman–Crippen MR) is 76.9 cm³/mol. The number of benzene rings is 1. The molecule has 1 heterocycles. The standard InChI is InChI=1S/C14H16F2N4O3/c1-8-4-12(21)19-20(8)7-14(23)17-6-13(22)18-9-2-3-10(15)11(16)5-9/h2-3,5,8H,4,6-7H2,1H3,(H,17,23)(H,18,22)(H,19,21)/t8-/m0/s1. The summed E-state index contributed by atoms with van der Waals surface area (Å²) in [5.74, 6) is -3.28. The number of nitrogens with zero attached hydrogens (tertiary/aromatic N) is 1. The van der Waals surface area contributed by atoms with E-state index in [0.29, 0.717) is 6.42 Å². The highest BCUT2D eigenvalue weighted by atomic mass is 19.2. The van der Waals surface area contributed by atoms with Crippen LogP contribution >= 0.6 is 0 Å². The molecule has 1 aliphatic heterocycles. The molecule has 1 aromatic carbocycles. The van der Waals surface area contributed by atoms with Crippen LogP contribution in [0.2, 0.25) is 0 Å². The number of anilines is 1. The average molecular weight is 326 g/mol. The van der Waals surface area contributed by atoms with Gasteiger partial charge in [-0.3, -0.25) is 19.8 Å². The molecule has 23 heavy (non-hydrogen) atoms. The molecule has 7 nitrogen and oxygen atoms in total. The molecule has 1 saturated heterocycles. The van der Waals surface area contributed by atoms with E-state index in [0.717, 1.165) is 12.1 Å². The van der Waals surface area contributed by atoms with Crippen LogP contribution in [0.5, 0.6) is 0 Å². The highest BCUT2D eigenvalue weighted by molar-refractivity contribution is 5.94. The van der Waals surface area contributed by atoms with Gasteiger partial charge in [-0.15, -0.1) is 0 Å². The van der Waals surface area contributed by atoms with Gasteiger partial charge >= 0.3 is 0 Å². The molecular formula is C14H16F2N4O3. The SMILES string of the molecule is C[C@H]1CC(=O)NN1CC(=O)NCC(=O)Nc1ccc(F)c(F)c1. The molecule has 1 atom stereocenters. The summed E-state index contributed by atoms with van der Waals surface area (Å²) in [6.45, 7) is 1.39. The first kappa shape index (κ1) is 16.8. The summed E-state index contributed by atoms with van der Waals surface area (Å²) in [7, 11) is 0. The van der Waals surface area contributed by atoms with Gasteiger partial charge in [0.15, 0.2) is 11.6 Å². The molecule has 0 aromatic heterocycles. The zero-order valence-electron chi connectivity index (χ0n) is 12.4. The first-order chi connectivity index (χ1) is 10.8. The lowest BCUT2D eigenvalue weighted by molar-refractivity contribution is -0.126. The third-order valence-corrected chi connectivity index (χ3v) is 3.24. The minimum Gasteiger partial charge on any atom is -0.346 e. The van der Waals surface area contributed by atoms with Crippen molar-refractivity contribution in [3.05, 3.63) is 29.8 Å². The molecule has 1 fully saturated rings. The molecule has 1 aliphatic rings. The normalized spacial score (nSPS) is 17.7. The van der Waals surface area contributed by atoms with Crippen LogP contribution in [-0.2, 0) is 14.4 Å². The Hall–Kier alpha value is -2.55. The number of hydrogen-bond donors (Lipinski definition) is 3. The van der Waals surface area contributed by atoms with Gasteiger partial charge in [0.05, 0.1) is 13.1 Å². The third kappa shape index (κ3) is 4.71. The van der Waals surface area contributed by atoms with Crippen LogP contribution in [-0.4, -0.2) is 41.9 Å². The van der Waals surface area contributed by atoms with Crippen LogP contribution in [0.25, 0.3) is 0 Å². The van der Waals surface area contributed by atoms with Crippen molar-refractivity contribution in [2.24, 2.45) is 0 Å². The number of carbonyl (C=O) groups is 3. The molecule has 1 aromatic rings. The minimum atomic E-state index is -1.08. The number of rotatable bonds is 5. The highest BCUT2D eigenvalue weighted by Gasteiger charge is 2.27. The lowest BCUT2D eigenvalue weighted by atomic mass is 10.2. The smallest absolute Gasteiger partial charge is 0.243 e. The number of nitrogens with one attached hydrogen (secondary N) is 3. The number of amides is 3. The van der Waals surface area contributed by atoms with Crippen LogP contribution in [0.1, 0.15) is 13.3 Å². The Labute approximate surface area is 131 Å². The van der Waals surface area contributed by atoms with E-state index in [-0.39, 0.29) is 30.7 Å². The molecule has 3 amide bonds. The van der Waals surface area contributed by atoms with Crippen LogP contribution < -0.4 is 16.1 Å². The van der Waals surface area contributed by atoms with Crippen LogP contribution in [0.15, 0.2) is 18.2 Å². The van der Waals surface area contributed by atoms with Gasteiger partial charge in [0.1, 0.15) is 0 Å². The lowest BCUT2D eigenvalue weighted by Crippen LogP contribution is -2.45. The quantitative estimate of drug-likeness (QED) is 0.718. The third-order valence-electron chi connectivity index (χ3n) is 3.24. The van der Waals surface area contributed by atoms with Gasteiger partial charge < -0.3 is 10.6 Å². The fraction of sp³-hybridized carbons (Fsp3) is 0.357. The fourth-order valence-electron chi connectivity index (χ4n) is 2.06. The predicted octanol–water partition coefficient (Wildman–Crippen LogP) is 0.145. The van der Waals surface area contributed by atoms with Crippen molar-refractivity contribution in [2.45, 2.75) is 19.4 Å². The molecule has 9 heteroatoms. The maximum atomic E-state index is 13.0. The van der Waals surface area contributed by atoms with Crippen molar-refractivity contribution in [3.8, 4) is 0 Å². The molecule has 0 radical (unpaired) electrons. The zero-order valence-corrected chi connectivity index (χ0v) is 12.4. The number of halogens is 2. The zero-order chi connectivity index (χ0) is 17.0. The van der Waals surface area contributed by atoms with E-state index in [9.17, 15) is 23.2 Å². The minimum absolute atomic E-state index is 0.0780. The summed E-state index contributed by atoms with van der Waals surface area (Å²) in [5, 5.41) is 6.19. The van der Waals surface area contributed by atoms with Gasteiger partial charge in [-0.1, -0.05) is 0 Å². The molecule has 0 saturated carbocycles. The lowest BCUT2D eigenvalue weighted by Gasteiger charge is -2.19. The Bertz CT molecular complexity index is 638. The second-order valence-electron chi connectivity index (χ2n) is 5.17. The second-order valence-corrected chi connectivity index (χ2v) is 5.17. The summed E-state index contributed by atoms with van der Waals surface area (Å²) in [6.07, 6.45) is 0.309. The molecule has 0 spiro atoms. The summed E-state index contributed by atoms with van der Waals surface area (Å²) in [4.78, 5) is 34.5. The van der Waals surface area contributed by atoms with Gasteiger partial charge in [0.25, 0.3) is 0 Å². The Balaban J connectivity index is 1.76. The molecule has 0 unspecified atom stereocenters. The van der Waals surface area contributed by atoms with E-state index in [4.69, 9.17) is 0 Å². The van der Waals surface area contributed by atoms with Crippen LogP contribution in [0, 0.1) is 11.6 Å². The van der Waals surface area contributed by atoms with E-state index >= 15 is 0 Å². The summed E-state index contributed by atoms with van der Waals surface area (Å²) in [6, 6.07) is 2.83. The molecule has 0 bridgehead atoms.